The molecule has 1 aromatic heterocycles. The molecule has 0 radical (unpaired) electrons. The summed E-state index contributed by atoms with van der Waals surface area (Å²) in [5.74, 6) is 0. The first-order valence-corrected chi connectivity index (χ1v) is 13.4. The van der Waals surface area contributed by atoms with Gasteiger partial charge < -0.3 is 0 Å². The largest absolute Gasteiger partial charge is 0.235 e. The van der Waals surface area contributed by atoms with Crippen LogP contribution >= 0.6 is 34.7 Å². The third-order valence-corrected chi connectivity index (χ3v) is 7.98. The molecule has 0 fully saturated rings. The summed E-state index contributed by atoms with van der Waals surface area (Å²) in [6, 6.07) is 22.9. The number of sulfone groups is 1. The van der Waals surface area contributed by atoms with Gasteiger partial charge >= 0.3 is 0 Å². The molecule has 0 saturated carbocycles. The zero-order chi connectivity index (χ0) is 21.3. The standard InChI is InChI=1S/C23H18ClNO2S3/c1-28-17-11-7-16(8-12-17)22-21(15-9-13-18(14-10-15)30(2,26)27)25-23(29-22)19-5-3-4-6-20(19)24/h3-14H,1-2H3. The number of halogens is 1. The Bertz CT molecular complexity index is 1300. The first-order chi connectivity index (χ1) is 14.4. The molecule has 0 aliphatic heterocycles. The van der Waals surface area contributed by atoms with E-state index in [0.29, 0.717) is 9.92 Å². The van der Waals surface area contributed by atoms with Crippen molar-refractivity contribution >= 4 is 44.5 Å². The van der Waals surface area contributed by atoms with Crippen LogP contribution in [0.5, 0.6) is 0 Å². The highest BCUT2D eigenvalue weighted by molar-refractivity contribution is 7.98. The highest BCUT2D eigenvalue weighted by atomic mass is 35.5. The van der Waals surface area contributed by atoms with Crippen LogP contribution in [0.15, 0.2) is 82.6 Å². The van der Waals surface area contributed by atoms with Gasteiger partial charge in [0.15, 0.2) is 9.84 Å². The van der Waals surface area contributed by atoms with Crippen molar-refractivity contribution in [3.63, 3.8) is 0 Å². The van der Waals surface area contributed by atoms with Crippen LogP contribution in [0.4, 0.5) is 0 Å². The molecule has 7 heteroatoms. The molecule has 152 valence electrons. The highest BCUT2D eigenvalue weighted by Crippen LogP contribution is 2.42. The zero-order valence-electron chi connectivity index (χ0n) is 16.3. The summed E-state index contributed by atoms with van der Waals surface area (Å²) in [5, 5.41) is 1.47. The second-order valence-corrected chi connectivity index (χ2v) is 11.0. The minimum absolute atomic E-state index is 0.290. The molecule has 0 amide bonds. The molecule has 0 bridgehead atoms. The molecule has 4 aromatic rings. The summed E-state index contributed by atoms with van der Waals surface area (Å²) < 4.78 is 23.7. The first-order valence-electron chi connectivity index (χ1n) is 9.07. The van der Waals surface area contributed by atoms with Crippen molar-refractivity contribution in [2.75, 3.05) is 12.5 Å². The molecule has 3 nitrogen and oxygen atoms in total. The van der Waals surface area contributed by atoms with E-state index in [0.717, 1.165) is 32.3 Å². The van der Waals surface area contributed by atoms with Gasteiger partial charge in [-0.15, -0.1) is 23.1 Å². The van der Waals surface area contributed by atoms with Crippen molar-refractivity contribution in [3.05, 3.63) is 77.8 Å². The van der Waals surface area contributed by atoms with Crippen LogP contribution in [-0.2, 0) is 9.84 Å². The Kier molecular flexibility index (Phi) is 6.02. The number of aromatic nitrogens is 1. The Balaban J connectivity index is 1.88. The van der Waals surface area contributed by atoms with Crippen LogP contribution in [0.1, 0.15) is 0 Å². The Morgan fingerprint density at radius 2 is 1.53 bits per heavy atom. The SMILES string of the molecule is CSc1ccc(-c2sc(-c3ccccc3Cl)nc2-c2ccc(S(C)(=O)=O)cc2)cc1. The number of thiazole rings is 1. The van der Waals surface area contributed by atoms with Gasteiger partial charge in [-0.05, 0) is 42.2 Å². The predicted molar refractivity (Wildman–Crippen MR) is 128 cm³/mol. The lowest BCUT2D eigenvalue weighted by Crippen LogP contribution is -1.96. The summed E-state index contributed by atoms with van der Waals surface area (Å²) >= 11 is 9.69. The molecule has 0 unspecified atom stereocenters. The lowest BCUT2D eigenvalue weighted by Gasteiger charge is -2.05. The van der Waals surface area contributed by atoms with Gasteiger partial charge in [0.25, 0.3) is 0 Å². The van der Waals surface area contributed by atoms with E-state index in [4.69, 9.17) is 16.6 Å². The van der Waals surface area contributed by atoms with Gasteiger partial charge in [0.2, 0.25) is 0 Å². The highest BCUT2D eigenvalue weighted by Gasteiger charge is 2.18. The minimum Gasteiger partial charge on any atom is -0.235 e. The molecule has 30 heavy (non-hydrogen) atoms. The van der Waals surface area contributed by atoms with E-state index in [-0.39, 0.29) is 0 Å². The fourth-order valence-electron chi connectivity index (χ4n) is 3.06. The number of benzene rings is 3. The Hall–Kier alpha value is -2.12. The molecule has 0 aliphatic rings. The first kappa shape index (κ1) is 21.1. The monoisotopic (exact) mass is 471 g/mol. The van der Waals surface area contributed by atoms with E-state index in [9.17, 15) is 8.42 Å². The number of hydrogen-bond acceptors (Lipinski definition) is 5. The van der Waals surface area contributed by atoms with Gasteiger partial charge in [-0.2, -0.15) is 0 Å². The summed E-state index contributed by atoms with van der Waals surface area (Å²) in [4.78, 5) is 7.40. The number of nitrogens with zero attached hydrogens (tertiary/aromatic N) is 1. The molecule has 3 aromatic carbocycles. The Morgan fingerprint density at radius 1 is 0.900 bits per heavy atom. The van der Waals surface area contributed by atoms with Crippen LogP contribution in [0.25, 0.3) is 32.3 Å². The summed E-state index contributed by atoms with van der Waals surface area (Å²) in [6.07, 6.45) is 3.26. The summed E-state index contributed by atoms with van der Waals surface area (Å²) in [6.45, 7) is 0. The van der Waals surface area contributed by atoms with Crippen molar-refractivity contribution in [3.8, 4) is 32.3 Å². The fourth-order valence-corrected chi connectivity index (χ4v) is 5.52. The van der Waals surface area contributed by atoms with Gasteiger partial charge in [0.05, 0.1) is 20.5 Å². The van der Waals surface area contributed by atoms with Crippen LogP contribution in [0.2, 0.25) is 5.02 Å². The normalized spacial score (nSPS) is 11.6. The van der Waals surface area contributed by atoms with Crippen LogP contribution in [0.3, 0.4) is 0 Å². The van der Waals surface area contributed by atoms with Crippen molar-refractivity contribution in [2.24, 2.45) is 0 Å². The van der Waals surface area contributed by atoms with E-state index in [2.05, 4.69) is 24.3 Å². The molecule has 0 N–H and O–H groups in total. The number of hydrogen-bond donors (Lipinski definition) is 0. The van der Waals surface area contributed by atoms with E-state index >= 15 is 0 Å². The molecular formula is C23H18ClNO2S3. The van der Waals surface area contributed by atoms with Crippen LogP contribution in [0, 0.1) is 0 Å². The van der Waals surface area contributed by atoms with Crippen molar-refractivity contribution < 1.29 is 8.42 Å². The van der Waals surface area contributed by atoms with Gasteiger partial charge in [-0.1, -0.05) is 54.1 Å². The maximum absolute atomic E-state index is 11.8. The second-order valence-electron chi connectivity index (χ2n) is 6.70. The average molecular weight is 472 g/mol. The van der Waals surface area contributed by atoms with Crippen molar-refractivity contribution in [2.45, 2.75) is 9.79 Å². The minimum atomic E-state index is -3.25. The maximum Gasteiger partial charge on any atom is 0.175 e. The molecule has 0 aliphatic carbocycles. The quantitative estimate of drug-likeness (QED) is 0.296. The topological polar surface area (TPSA) is 47.0 Å². The van der Waals surface area contributed by atoms with E-state index in [1.54, 1.807) is 35.2 Å². The van der Waals surface area contributed by atoms with Gasteiger partial charge in [-0.3, -0.25) is 0 Å². The third-order valence-electron chi connectivity index (χ3n) is 4.64. The Labute approximate surface area is 189 Å². The third kappa shape index (κ3) is 4.32. The summed E-state index contributed by atoms with van der Waals surface area (Å²) in [5.41, 5.74) is 3.61. The fraction of sp³-hybridized carbons (Fsp3) is 0.0870. The lowest BCUT2D eigenvalue weighted by molar-refractivity contribution is 0.602. The molecule has 1 heterocycles. The number of thioether (sulfide) groups is 1. The van der Waals surface area contributed by atoms with Crippen molar-refractivity contribution in [1.29, 1.82) is 0 Å². The van der Waals surface area contributed by atoms with Gasteiger partial charge in [0, 0.05) is 22.3 Å². The second kappa shape index (κ2) is 8.55. The summed E-state index contributed by atoms with van der Waals surface area (Å²) in [7, 11) is -3.25. The van der Waals surface area contributed by atoms with Crippen molar-refractivity contribution in [1.82, 2.24) is 4.98 Å². The predicted octanol–water partition coefficient (Wildman–Crippen LogP) is 6.92. The van der Waals surface area contributed by atoms with Gasteiger partial charge in [-0.25, -0.2) is 13.4 Å². The molecule has 0 spiro atoms. The lowest BCUT2D eigenvalue weighted by atomic mass is 10.1. The van der Waals surface area contributed by atoms with Gasteiger partial charge in [0.1, 0.15) is 5.01 Å². The van der Waals surface area contributed by atoms with Crippen LogP contribution in [-0.4, -0.2) is 25.9 Å². The molecule has 0 atom stereocenters. The van der Waals surface area contributed by atoms with Crippen LogP contribution < -0.4 is 0 Å². The number of rotatable bonds is 5. The Morgan fingerprint density at radius 3 is 2.13 bits per heavy atom. The zero-order valence-corrected chi connectivity index (χ0v) is 19.5. The molecule has 4 rings (SSSR count). The van der Waals surface area contributed by atoms with E-state index < -0.39 is 9.84 Å². The molecule has 0 saturated heterocycles. The van der Waals surface area contributed by atoms with E-state index in [1.807, 2.05) is 42.7 Å². The maximum atomic E-state index is 11.8. The average Bonchev–Trinajstić information content (AvgIpc) is 3.19. The smallest absolute Gasteiger partial charge is 0.175 e. The molecular weight excluding hydrogens is 454 g/mol. The van der Waals surface area contributed by atoms with E-state index in [1.165, 1.54) is 11.2 Å².